The second-order valence-electron chi connectivity index (χ2n) is 1.69. The van der Waals surface area contributed by atoms with Crippen molar-refractivity contribution in [2.45, 2.75) is 0 Å². The molecule has 0 bridgehead atoms. The molecule has 0 unspecified atom stereocenters. The summed E-state index contributed by atoms with van der Waals surface area (Å²) < 4.78 is 4.88. The molecule has 0 fully saturated rings. The van der Waals surface area contributed by atoms with E-state index in [9.17, 15) is 0 Å². The molecule has 53 valence electrons. The molecule has 0 aliphatic heterocycles. The van der Waals surface area contributed by atoms with Crippen LogP contribution in [0.15, 0.2) is 12.1 Å². The summed E-state index contributed by atoms with van der Waals surface area (Å²) in [7, 11) is 1.54. The van der Waals surface area contributed by atoms with Crippen molar-refractivity contribution in [2.24, 2.45) is 0 Å². The van der Waals surface area contributed by atoms with Crippen LogP contribution in [0, 0.1) is 6.07 Å². The van der Waals surface area contributed by atoms with Gasteiger partial charge in [0.05, 0.1) is 17.2 Å². The molecule has 0 saturated carbocycles. The first kappa shape index (κ1) is 7.70. The van der Waals surface area contributed by atoms with E-state index in [2.05, 4.69) is 6.07 Å². The van der Waals surface area contributed by atoms with Crippen molar-refractivity contribution in [1.82, 2.24) is 0 Å². The second-order valence-corrected chi connectivity index (χ2v) is 2.47. The Bertz CT molecular complexity index is 235. The lowest BCUT2D eigenvalue weighted by Crippen LogP contribution is -1.82. The Labute approximate surface area is 69.5 Å². The lowest BCUT2D eigenvalue weighted by atomic mass is 10.3. The zero-order valence-electron chi connectivity index (χ0n) is 5.32. The molecular formula is C7H5Cl2O. The van der Waals surface area contributed by atoms with E-state index in [4.69, 9.17) is 27.9 Å². The Kier molecular flexibility index (Phi) is 2.41. The van der Waals surface area contributed by atoms with Crippen LogP contribution < -0.4 is 4.74 Å². The van der Waals surface area contributed by atoms with Gasteiger partial charge in [0, 0.05) is 6.07 Å². The maximum absolute atomic E-state index is 5.66. The van der Waals surface area contributed by atoms with Gasteiger partial charge in [0.15, 0.2) is 0 Å². The third-order valence-corrected chi connectivity index (χ3v) is 1.55. The molecule has 1 nitrogen and oxygen atoms in total. The molecule has 10 heavy (non-hydrogen) atoms. The lowest BCUT2D eigenvalue weighted by molar-refractivity contribution is 0.415. The number of halogens is 2. The van der Waals surface area contributed by atoms with Gasteiger partial charge < -0.3 is 4.74 Å². The molecule has 0 spiro atoms. The van der Waals surface area contributed by atoms with Crippen molar-refractivity contribution in [3.05, 3.63) is 28.2 Å². The van der Waals surface area contributed by atoms with Crippen molar-refractivity contribution < 1.29 is 4.74 Å². The van der Waals surface area contributed by atoms with Crippen molar-refractivity contribution in [1.29, 1.82) is 0 Å². The maximum atomic E-state index is 5.66. The van der Waals surface area contributed by atoms with Gasteiger partial charge in [0.25, 0.3) is 0 Å². The first-order chi connectivity index (χ1) is 4.74. The van der Waals surface area contributed by atoms with Crippen molar-refractivity contribution in [3.8, 4) is 5.75 Å². The SMILES string of the molecule is COc1ccc(Cl)[c]c1Cl. The zero-order chi connectivity index (χ0) is 7.56. The van der Waals surface area contributed by atoms with E-state index in [1.165, 1.54) is 0 Å². The standard InChI is InChI=1S/C7H5Cl2O/c1-10-7-3-2-5(8)4-6(7)9/h2-3H,1H3. The summed E-state index contributed by atoms with van der Waals surface area (Å²) in [6.45, 7) is 0. The molecule has 0 heterocycles. The molecular weight excluding hydrogens is 171 g/mol. The minimum atomic E-state index is 0.412. The van der Waals surface area contributed by atoms with E-state index in [1.807, 2.05) is 0 Å². The number of rotatable bonds is 1. The summed E-state index contributed by atoms with van der Waals surface area (Å²) in [5, 5.41) is 0.904. The summed E-state index contributed by atoms with van der Waals surface area (Å²) >= 11 is 11.2. The topological polar surface area (TPSA) is 9.23 Å². The van der Waals surface area contributed by atoms with Gasteiger partial charge in [-0.3, -0.25) is 0 Å². The number of hydrogen-bond donors (Lipinski definition) is 0. The predicted octanol–water partition coefficient (Wildman–Crippen LogP) is 2.80. The molecule has 0 saturated heterocycles. The Morgan fingerprint density at radius 1 is 1.40 bits per heavy atom. The number of methoxy groups -OCH3 is 1. The Morgan fingerprint density at radius 2 is 2.10 bits per heavy atom. The first-order valence-corrected chi connectivity index (χ1v) is 3.41. The highest BCUT2D eigenvalue weighted by Crippen LogP contribution is 2.25. The largest absolute Gasteiger partial charge is 0.495 e. The van der Waals surface area contributed by atoms with E-state index >= 15 is 0 Å². The molecule has 1 aromatic rings. The van der Waals surface area contributed by atoms with Crippen LogP contribution in [0.3, 0.4) is 0 Å². The average molecular weight is 176 g/mol. The van der Waals surface area contributed by atoms with Crippen LogP contribution in [0.2, 0.25) is 10.0 Å². The van der Waals surface area contributed by atoms with Gasteiger partial charge in [-0.2, -0.15) is 0 Å². The van der Waals surface area contributed by atoms with Gasteiger partial charge in [-0.25, -0.2) is 0 Å². The smallest absolute Gasteiger partial charge is 0.138 e. The van der Waals surface area contributed by atoms with Crippen LogP contribution in [-0.4, -0.2) is 7.11 Å². The van der Waals surface area contributed by atoms with Crippen molar-refractivity contribution in [2.75, 3.05) is 7.11 Å². The number of benzene rings is 1. The molecule has 1 rings (SSSR count). The highest BCUT2D eigenvalue weighted by Gasteiger charge is 1.99. The maximum Gasteiger partial charge on any atom is 0.138 e. The Hall–Kier alpha value is -0.400. The summed E-state index contributed by atoms with van der Waals surface area (Å²) in [6, 6.07) is 6.06. The molecule has 0 aliphatic carbocycles. The fraction of sp³-hybridized carbons (Fsp3) is 0.143. The average Bonchev–Trinajstić information content (AvgIpc) is 1.88. The minimum absolute atomic E-state index is 0.412. The lowest BCUT2D eigenvalue weighted by Gasteiger charge is -2.00. The number of ether oxygens (including phenoxy) is 1. The Morgan fingerprint density at radius 3 is 2.60 bits per heavy atom. The fourth-order valence-corrected chi connectivity index (χ4v) is 1.04. The highest BCUT2D eigenvalue weighted by molar-refractivity contribution is 6.35. The van der Waals surface area contributed by atoms with Crippen LogP contribution in [0.4, 0.5) is 0 Å². The predicted molar refractivity (Wildman–Crippen MR) is 41.9 cm³/mol. The highest BCUT2D eigenvalue weighted by atomic mass is 35.5. The van der Waals surface area contributed by atoms with E-state index in [0.29, 0.717) is 15.8 Å². The van der Waals surface area contributed by atoms with Gasteiger partial charge in [-0.15, -0.1) is 0 Å². The van der Waals surface area contributed by atoms with Gasteiger partial charge in [-0.05, 0) is 12.1 Å². The summed E-state index contributed by atoms with van der Waals surface area (Å²) in [5.41, 5.74) is 0. The fourth-order valence-electron chi connectivity index (χ4n) is 0.588. The summed E-state index contributed by atoms with van der Waals surface area (Å²) in [6.07, 6.45) is 0. The van der Waals surface area contributed by atoms with Crippen LogP contribution in [0.1, 0.15) is 0 Å². The Balaban J connectivity index is 3.07. The van der Waals surface area contributed by atoms with E-state index in [-0.39, 0.29) is 0 Å². The molecule has 0 aromatic heterocycles. The third kappa shape index (κ3) is 1.55. The molecule has 0 aliphatic rings. The third-order valence-electron chi connectivity index (χ3n) is 1.05. The van der Waals surface area contributed by atoms with E-state index in [1.54, 1.807) is 19.2 Å². The van der Waals surface area contributed by atoms with Crippen molar-refractivity contribution >= 4 is 23.2 Å². The van der Waals surface area contributed by atoms with Crippen LogP contribution in [0.5, 0.6) is 5.75 Å². The van der Waals surface area contributed by atoms with E-state index < -0.39 is 0 Å². The normalized spacial score (nSPS) is 9.50. The second kappa shape index (κ2) is 3.13. The zero-order valence-corrected chi connectivity index (χ0v) is 6.83. The van der Waals surface area contributed by atoms with Gasteiger partial charge >= 0.3 is 0 Å². The monoisotopic (exact) mass is 175 g/mol. The van der Waals surface area contributed by atoms with E-state index in [0.717, 1.165) is 0 Å². The summed E-state index contributed by atoms with van der Waals surface area (Å²) in [4.78, 5) is 0. The quantitative estimate of drug-likeness (QED) is 0.639. The van der Waals surface area contributed by atoms with Gasteiger partial charge in [0.1, 0.15) is 5.75 Å². The van der Waals surface area contributed by atoms with Crippen LogP contribution >= 0.6 is 23.2 Å². The van der Waals surface area contributed by atoms with Gasteiger partial charge in [0.2, 0.25) is 0 Å². The molecule has 3 heteroatoms. The minimum Gasteiger partial charge on any atom is -0.495 e. The molecule has 0 N–H and O–H groups in total. The first-order valence-electron chi connectivity index (χ1n) is 2.65. The van der Waals surface area contributed by atoms with Crippen LogP contribution in [0.25, 0.3) is 0 Å². The summed E-state index contributed by atoms with van der Waals surface area (Å²) in [5.74, 6) is 0.589. The van der Waals surface area contributed by atoms with Crippen molar-refractivity contribution in [3.63, 3.8) is 0 Å². The molecule has 1 radical (unpaired) electrons. The molecule has 1 aromatic carbocycles. The number of hydrogen-bond acceptors (Lipinski definition) is 1. The molecule has 0 atom stereocenters. The van der Waals surface area contributed by atoms with Crippen LogP contribution in [-0.2, 0) is 0 Å². The van der Waals surface area contributed by atoms with Gasteiger partial charge in [-0.1, -0.05) is 23.2 Å². The molecule has 0 amide bonds.